The van der Waals surface area contributed by atoms with Crippen molar-refractivity contribution >= 4 is 11.9 Å². The van der Waals surface area contributed by atoms with Crippen LogP contribution in [-0.4, -0.2) is 31.1 Å². The molecule has 5 heteroatoms. The van der Waals surface area contributed by atoms with Crippen LogP contribution in [-0.2, 0) is 14.3 Å². The van der Waals surface area contributed by atoms with Gasteiger partial charge >= 0.3 is 5.97 Å². The molecule has 5 nitrogen and oxygen atoms in total. The summed E-state index contributed by atoms with van der Waals surface area (Å²) < 4.78 is 5.78. The Labute approximate surface area is 137 Å². The molecule has 1 fully saturated rings. The highest BCUT2D eigenvalue weighted by molar-refractivity contribution is 5.78. The molecule has 1 aliphatic carbocycles. The molecule has 1 aliphatic rings. The number of esters is 1. The Morgan fingerprint density at radius 1 is 1.26 bits per heavy atom. The summed E-state index contributed by atoms with van der Waals surface area (Å²) in [5.74, 6) is -0.549. The van der Waals surface area contributed by atoms with E-state index >= 15 is 0 Å². The molecule has 1 amide bonds. The molecule has 2 atom stereocenters. The SMILES string of the molecule is CC(C(=O)O[C@@H](CNCC(N)=O)C1CCCC1)c1ccccc1. The van der Waals surface area contributed by atoms with Gasteiger partial charge in [-0.25, -0.2) is 0 Å². The minimum absolute atomic E-state index is 0.106. The number of carbonyl (C=O) groups excluding carboxylic acids is 2. The third-order valence-corrected chi connectivity index (χ3v) is 4.49. The molecule has 0 aromatic heterocycles. The monoisotopic (exact) mass is 318 g/mol. The maximum absolute atomic E-state index is 12.5. The van der Waals surface area contributed by atoms with Gasteiger partial charge in [0, 0.05) is 6.54 Å². The van der Waals surface area contributed by atoms with Crippen LogP contribution in [0.15, 0.2) is 30.3 Å². The van der Waals surface area contributed by atoms with Gasteiger partial charge in [0.2, 0.25) is 5.91 Å². The number of nitrogens with two attached hydrogens (primary N) is 1. The van der Waals surface area contributed by atoms with Crippen molar-refractivity contribution in [1.29, 1.82) is 0 Å². The van der Waals surface area contributed by atoms with E-state index < -0.39 is 5.91 Å². The lowest BCUT2D eigenvalue weighted by Crippen LogP contribution is -2.40. The normalized spacial score (nSPS) is 17.6. The fourth-order valence-corrected chi connectivity index (χ4v) is 3.10. The first kappa shape index (κ1) is 17.5. The molecular formula is C18H26N2O3. The number of hydrogen-bond acceptors (Lipinski definition) is 4. The van der Waals surface area contributed by atoms with Crippen LogP contribution in [0.25, 0.3) is 0 Å². The van der Waals surface area contributed by atoms with E-state index in [9.17, 15) is 9.59 Å². The van der Waals surface area contributed by atoms with Crippen LogP contribution in [0.5, 0.6) is 0 Å². The Bertz CT molecular complexity index is 512. The van der Waals surface area contributed by atoms with Crippen LogP contribution < -0.4 is 11.1 Å². The molecule has 0 saturated heterocycles. The number of rotatable bonds is 8. The third kappa shape index (κ3) is 5.36. The molecule has 0 heterocycles. The number of carbonyl (C=O) groups is 2. The van der Waals surface area contributed by atoms with Gasteiger partial charge in [-0.3, -0.25) is 9.59 Å². The summed E-state index contributed by atoms with van der Waals surface area (Å²) in [5.41, 5.74) is 6.10. The van der Waals surface area contributed by atoms with E-state index in [1.165, 1.54) is 12.8 Å². The number of primary amides is 1. The Morgan fingerprint density at radius 3 is 2.52 bits per heavy atom. The average molecular weight is 318 g/mol. The lowest BCUT2D eigenvalue weighted by atomic mass is 9.99. The maximum atomic E-state index is 12.5. The molecule has 3 N–H and O–H groups in total. The zero-order valence-electron chi connectivity index (χ0n) is 13.7. The van der Waals surface area contributed by atoms with Crippen LogP contribution in [0.2, 0.25) is 0 Å². The van der Waals surface area contributed by atoms with Crippen LogP contribution >= 0.6 is 0 Å². The van der Waals surface area contributed by atoms with E-state index in [0.717, 1.165) is 18.4 Å². The second-order valence-corrected chi connectivity index (χ2v) is 6.25. The lowest BCUT2D eigenvalue weighted by molar-refractivity contribution is -0.153. The summed E-state index contributed by atoms with van der Waals surface area (Å²) in [5, 5.41) is 2.99. The van der Waals surface area contributed by atoms with Crippen molar-refractivity contribution in [3.05, 3.63) is 35.9 Å². The van der Waals surface area contributed by atoms with Crippen molar-refractivity contribution in [2.24, 2.45) is 11.7 Å². The van der Waals surface area contributed by atoms with Crippen molar-refractivity contribution < 1.29 is 14.3 Å². The molecular weight excluding hydrogens is 292 g/mol. The molecule has 126 valence electrons. The van der Waals surface area contributed by atoms with E-state index in [2.05, 4.69) is 5.32 Å². The second kappa shape index (κ2) is 8.67. The summed E-state index contributed by atoms with van der Waals surface area (Å²) in [4.78, 5) is 23.3. The molecule has 0 spiro atoms. The summed E-state index contributed by atoms with van der Waals surface area (Å²) >= 11 is 0. The highest BCUT2D eigenvalue weighted by atomic mass is 16.5. The highest BCUT2D eigenvalue weighted by Crippen LogP contribution is 2.30. The smallest absolute Gasteiger partial charge is 0.313 e. The Hall–Kier alpha value is -1.88. The van der Waals surface area contributed by atoms with E-state index in [4.69, 9.17) is 10.5 Å². The summed E-state index contributed by atoms with van der Waals surface area (Å²) in [6.45, 7) is 2.44. The van der Waals surface area contributed by atoms with Gasteiger partial charge in [-0.15, -0.1) is 0 Å². The maximum Gasteiger partial charge on any atom is 0.313 e. The first-order chi connectivity index (χ1) is 11.1. The standard InChI is InChI=1S/C18H26N2O3/c1-13(14-7-3-2-4-8-14)18(22)23-16(11-20-12-17(19)21)15-9-5-6-10-15/h2-4,7-8,13,15-16,20H,5-6,9-12H2,1H3,(H2,19,21)/t13?,16-/m0/s1. The van der Waals surface area contributed by atoms with E-state index in [1.807, 2.05) is 37.3 Å². The first-order valence-electron chi connectivity index (χ1n) is 8.32. The van der Waals surface area contributed by atoms with E-state index in [0.29, 0.717) is 12.5 Å². The molecule has 0 radical (unpaired) electrons. The van der Waals surface area contributed by atoms with Crippen molar-refractivity contribution in [1.82, 2.24) is 5.32 Å². The molecule has 1 saturated carbocycles. The van der Waals surface area contributed by atoms with Crippen LogP contribution in [0.1, 0.15) is 44.1 Å². The number of nitrogens with one attached hydrogen (secondary N) is 1. The number of hydrogen-bond donors (Lipinski definition) is 2. The zero-order valence-corrected chi connectivity index (χ0v) is 13.7. The fraction of sp³-hybridized carbons (Fsp3) is 0.556. The Morgan fingerprint density at radius 2 is 1.91 bits per heavy atom. The molecule has 0 aliphatic heterocycles. The second-order valence-electron chi connectivity index (χ2n) is 6.25. The third-order valence-electron chi connectivity index (χ3n) is 4.49. The molecule has 0 bridgehead atoms. The number of amides is 1. The first-order valence-corrected chi connectivity index (χ1v) is 8.32. The van der Waals surface area contributed by atoms with Gasteiger partial charge in [-0.2, -0.15) is 0 Å². The molecule has 23 heavy (non-hydrogen) atoms. The molecule has 1 unspecified atom stereocenters. The van der Waals surface area contributed by atoms with Gasteiger partial charge in [0.05, 0.1) is 12.5 Å². The highest BCUT2D eigenvalue weighted by Gasteiger charge is 2.29. The topological polar surface area (TPSA) is 81.4 Å². The average Bonchev–Trinajstić information content (AvgIpc) is 3.08. The van der Waals surface area contributed by atoms with Crippen molar-refractivity contribution in [2.45, 2.75) is 44.6 Å². The Balaban J connectivity index is 1.95. The van der Waals surface area contributed by atoms with Crippen molar-refractivity contribution in [2.75, 3.05) is 13.1 Å². The predicted molar refractivity (Wildman–Crippen MR) is 88.8 cm³/mol. The largest absolute Gasteiger partial charge is 0.460 e. The van der Waals surface area contributed by atoms with Crippen molar-refractivity contribution in [3.63, 3.8) is 0 Å². The summed E-state index contributed by atoms with van der Waals surface area (Å²) in [6.07, 6.45) is 4.27. The van der Waals surface area contributed by atoms with Gasteiger partial charge < -0.3 is 15.8 Å². The molecule has 1 aromatic carbocycles. The Kier molecular flexibility index (Phi) is 6.59. The summed E-state index contributed by atoms with van der Waals surface area (Å²) in [7, 11) is 0. The lowest BCUT2D eigenvalue weighted by Gasteiger charge is -2.25. The minimum atomic E-state index is -0.404. The van der Waals surface area contributed by atoms with Crippen LogP contribution in [0.3, 0.4) is 0 Å². The van der Waals surface area contributed by atoms with Gasteiger partial charge in [-0.05, 0) is 31.2 Å². The number of ether oxygens (including phenoxy) is 1. The molecule has 2 rings (SSSR count). The molecule has 1 aromatic rings. The fourth-order valence-electron chi connectivity index (χ4n) is 3.10. The van der Waals surface area contributed by atoms with Crippen LogP contribution in [0.4, 0.5) is 0 Å². The minimum Gasteiger partial charge on any atom is -0.460 e. The van der Waals surface area contributed by atoms with Crippen LogP contribution in [0, 0.1) is 5.92 Å². The van der Waals surface area contributed by atoms with Crippen molar-refractivity contribution in [3.8, 4) is 0 Å². The van der Waals surface area contributed by atoms with E-state index in [1.54, 1.807) is 0 Å². The zero-order chi connectivity index (χ0) is 16.7. The predicted octanol–water partition coefficient (Wildman–Crippen LogP) is 1.97. The van der Waals surface area contributed by atoms with Gasteiger partial charge in [0.25, 0.3) is 0 Å². The van der Waals surface area contributed by atoms with Gasteiger partial charge in [0.1, 0.15) is 6.10 Å². The summed E-state index contributed by atoms with van der Waals surface area (Å²) in [6, 6.07) is 9.63. The quantitative estimate of drug-likeness (QED) is 0.718. The van der Waals surface area contributed by atoms with E-state index in [-0.39, 0.29) is 24.5 Å². The number of benzene rings is 1. The van der Waals surface area contributed by atoms with Gasteiger partial charge in [-0.1, -0.05) is 43.2 Å². The van der Waals surface area contributed by atoms with Gasteiger partial charge in [0.15, 0.2) is 0 Å².